The highest BCUT2D eigenvalue weighted by molar-refractivity contribution is 6.07. The first kappa shape index (κ1) is 15.3. The Morgan fingerprint density at radius 2 is 1.86 bits per heavy atom. The van der Waals surface area contributed by atoms with Crippen LogP contribution in [0.4, 0.5) is 5.69 Å². The molecule has 0 aliphatic carbocycles. The van der Waals surface area contributed by atoms with Crippen LogP contribution in [0.5, 0.6) is 0 Å². The molecule has 0 heterocycles. The van der Waals surface area contributed by atoms with Gasteiger partial charge in [0.25, 0.3) is 0 Å². The van der Waals surface area contributed by atoms with Crippen LogP contribution in [0.3, 0.4) is 0 Å². The van der Waals surface area contributed by atoms with Crippen LogP contribution in [-0.4, -0.2) is 42.7 Å². The van der Waals surface area contributed by atoms with Gasteiger partial charge in [0.2, 0.25) is 0 Å². The van der Waals surface area contributed by atoms with E-state index in [2.05, 4.69) is 31.2 Å². The summed E-state index contributed by atoms with van der Waals surface area (Å²) in [6, 6.07) is 11.5. The average molecular weight is 286 g/mol. The minimum absolute atomic E-state index is 0.325. The van der Waals surface area contributed by atoms with E-state index in [0.29, 0.717) is 11.6 Å². The molecule has 2 aromatic rings. The Labute approximate surface area is 125 Å². The Morgan fingerprint density at radius 3 is 2.48 bits per heavy atom. The molecule has 0 saturated carbocycles. The smallest absolute Gasteiger partial charge is 0.336 e. The molecule has 2 N–H and O–H groups in total. The van der Waals surface area contributed by atoms with Crippen LogP contribution in [0.15, 0.2) is 36.4 Å². The Hall–Kier alpha value is -2.07. The maximum absolute atomic E-state index is 11.3. The average Bonchev–Trinajstić information content (AvgIpc) is 2.45. The molecule has 1 atom stereocenters. The summed E-state index contributed by atoms with van der Waals surface area (Å²) in [6.07, 6.45) is 1.03. The molecule has 4 heteroatoms. The number of nitrogens with zero attached hydrogens (tertiary/aromatic N) is 1. The molecule has 0 radical (unpaired) electrons. The van der Waals surface area contributed by atoms with Crippen molar-refractivity contribution in [3.63, 3.8) is 0 Å². The van der Waals surface area contributed by atoms with Crippen LogP contribution in [0.1, 0.15) is 23.7 Å². The zero-order valence-corrected chi connectivity index (χ0v) is 12.8. The number of hydrogen-bond donors (Lipinski definition) is 2. The molecule has 0 spiro atoms. The van der Waals surface area contributed by atoms with Crippen molar-refractivity contribution in [2.45, 2.75) is 19.4 Å². The van der Waals surface area contributed by atoms with Crippen LogP contribution in [0.25, 0.3) is 10.8 Å². The molecular formula is C17H22N2O2. The highest BCUT2D eigenvalue weighted by Gasteiger charge is 2.12. The number of carboxylic acids is 1. The normalized spacial score (nSPS) is 12.6. The molecule has 0 aliphatic rings. The van der Waals surface area contributed by atoms with Crippen molar-refractivity contribution in [3.05, 3.63) is 42.0 Å². The molecule has 0 saturated heterocycles. The summed E-state index contributed by atoms with van der Waals surface area (Å²) in [7, 11) is 4.12. The highest BCUT2D eigenvalue weighted by atomic mass is 16.4. The van der Waals surface area contributed by atoms with Gasteiger partial charge in [-0.3, -0.25) is 0 Å². The fraction of sp³-hybridized carbons (Fsp3) is 0.353. The number of hydrogen-bond acceptors (Lipinski definition) is 3. The lowest BCUT2D eigenvalue weighted by atomic mass is 10.0. The van der Waals surface area contributed by atoms with Gasteiger partial charge in [0.15, 0.2) is 0 Å². The van der Waals surface area contributed by atoms with Crippen LogP contribution in [-0.2, 0) is 0 Å². The lowest BCUT2D eigenvalue weighted by Crippen LogP contribution is -2.23. The number of aromatic carboxylic acids is 1. The van der Waals surface area contributed by atoms with Gasteiger partial charge in [-0.1, -0.05) is 24.3 Å². The van der Waals surface area contributed by atoms with Crippen molar-refractivity contribution >= 4 is 22.4 Å². The Kier molecular flexibility index (Phi) is 4.81. The zero-order chi connectivity index (χ0) is 15.4. The minimum Gasteiger partial charge on any atom is -0.478 e. The Morgan fingerprint density at radius 1 is 1.19 bits per heavy atom. The first-order chi connectivity index (χ1) is 9.99. The van der Waals surface area contributed by atoms with Gasteiger partial charge >= 0.3 is 5.97 Å². The molecule has 0 fully saturated rings. The molecule has 2 rings (SSSR count). The van der Waals surface area contributed by atoms with Crippen molar-refractivity contribution in [2.24, 2.45) is 0 Å². The van der Waals surface area contributed by atoms with E-state index >= 15 is 0 Å². The third-order valence-electron chi connectivity index (χ3n) is 3.57. The van der Waals surface area contributed by atoms with Crippen molar-refractivity contribution in [2.75, 3.05) is 26.0 Å². The molecule has 21 heavy (non-hydrogen) atoms. The van der Waals surface area contributed by atoms with Crippen molar-refractivity contribution in [1.82, 2.24) is 4.90 Å². The van der Waals surface area contributed by atoms with E-state index in [1.165, 1.54) is 0 Å². The molecule has 4 nitrogen and oxygen atoms in total. The maximum atomic E-state index is 11.3. The van der Waals surface area contributed by atoms with E-state index in [1.54, 1.807) is 6.07 Å². The van der Waals surface area contributed by atoms with Gasteiger partial charge in [0.05, 0.1) is 5.56 Å². The van der Waals surface area contributed by atoms with E-state index in [0.717, 1.165) is 29.4 Å². The lowest BCUT2D eigenvalue weighted by Gasteiger charge is -2.19. The number of carboxylic acid groups (broad SMARTS) is 1. The lowest BCUT2D eigenvalue weighted by molar-refractivity contribution is 0.0699. The molecular weight excluding hydrogens is 264 g/mol. The van der Waals surface area contributed by atoms with Crippen LogP contribution in [0.2, 0.25) is 0 Å². The summed E-state index contributed by atoms with van der Waals surface area (Å²) in [6.45, 7) is 3.16. The van der Waals surface area contributed by atoms with E-state index in [9.17, 15) is 9.90 Å². The summed E-state index contributed by atoms with van der Waals surface area (Å²) in [5, 5.41) is 14.5. The van der Waals surface area contributed by atoms with Gasteiger partial charge in [0.1, 0.15) is 0 Å². The molecule has 2 aromatic carbocycles. The summed E-state index contributed by atoms with van der Waals surface area (Å²) in [4.78, 5) is 13.5. The number of nitrogens with one attached hydrogen (secondary N) is 1. The molecule has 0 amide bonds. The summed E-state index contributed by atoms with van der Waals surface area (Å²) < 4.78 is 0. The van der Waals surface area contributed by atoms with Gasteiger partial charge in [-0.25, -0.2) is 4.79 Å². The minimum atomic E-state index is -0.890. The number of rotatable bonds is 6. The van der Waals surface area contributed by atoms with E-state index < -0.39 is 5.97 Å². The van der Waals surface area contributed by atoms with Crippen LogP contribution < -0.4 is 5.32 Å². The molecule has 112 valence electrons. The van der Waals surface area contributed by atoms with Crippen molar-refractivity contribution in [1.29, 1.82) is 0 Å². The SMILES string of the molecule is CC(CCN(C)C)Nc1ccc(C(=O)O)c2ccccc12. The summed E-state index contributed by atoms with van der Waals surface area (Å²) >= 11 is 0. The van der Waals surface area contributed by atoms with Gasteiger partial charge < -0.3 is 15.3 Å². The van der Waals surface area contributed by atoms with Crippen LogP contribution in [0, 0.1) is 0 Å². The number of carbonyl (C=O) groups is 1. The van der Waals surface area contributed by atoms with Gasteiger partial charge in [-0.05, 0) is 51.5 Å². The fourth-order valence-corrected chi connectivity index (χ4v) is 2.40. The molecule has 1 unspecified atom stereocenters. The summed E-state index contributed by atoms with van der Waals surface area (Å²) in [5.74, 6) is -0.890. The van der Waals surface area contributed by atoms with Gasteiger partial charge in [-0.2, -0.15) is 0 Å². The third-order valence-corrected chi connectivity index (χ3v) is 3.57. The predicted molar refractivity (Wildman–Crippen MR) is 87.2 cm³/mol. The standard InChI is InChI=1S/C17H22N2O2/c1-12(10-11-19(2)3)18-16-9-8-15(17(20)21)13-6-4-5-7-14(13)16/h4-9,12,18H,10-11H2,1-3H3,(H,20,21). The number of anilines is 1. The number of benzene rings is 2. The quantitative estimate of drug-likeness (QED) is 0.855. The highest BCUT2D eigenvalue weighted by Crippen LogP contribution is 2.27. The van der Waals surface area contributed by atoms with Gasteiger partial charge in [0, 0.05) is 17.1 Å². The summed E-state index contributed by atoms with van der Waals surface area (Å²) in [5.41, 5.74) is 1.33. The monoisotopic (exact) mass is 286 g/mol. The fourth-order valence-electron chi connectivity index (χ4n) is 2.40. The largest absolute Gasteiger partial charge is 0.478 e. The Bertz CT molecular complexity index is 638. The molecule has 0 bridgehead atoms. The third kappa shape index (κ3) is 3.73. The van der Waals surface area contributed by atoms with E-state index in [4.69, 9.17) is 0 Å². The van der Waals surface area contributed by atoms with E-state index in [1.807, 2.05) is 30.3 Å². The first-order valence-electron chi connectivity index (χ1n) is 7.15. The predicted octanol–water partition coefficient (Wildman–Crippen LogP) is 3.29. The topological polar surface area (TPSA) is 52.6 Å². The second kappa shape index (κ2) is 6.59. The second-order valence-electron chi connectivity index (χ2n) is 5.65. The Balaban J connectivity index is 2.29. The number of fused-ring (bicyclic) bond motifs is 1. The maximum Gasteiger partial charge on any atom is 0.336 e. The van der Waals surface area contributed by atoms with Gasteiger partial charge in [-0.15, -0.1) is 0 Å². The zero-order valence-electron chi connectivity index (χ0n) is 12.8. The molecule has 0 aromatic heterocycles. The first-order valence-corrected chi connectivity index (χ1v) is 7.15. The molecule has 0 aliphatic heterocycles. The van der Waals surface area contributed by atoms with Crippen molar-refractivity contribution in [3.8, 4) is 0 Å². The van der Waals surface area contributed by atoms with Crippen molar-refractivity contribution < 1.29 is 9.90 Å². The van der Waals surface area contributed by atoms with Crippen LogP contribution >= 0.6 is 0 Å². The van der Waals surface area contributed by atoms with E-state index in [-0.39, 0.29) is 0 Å². The second-order valence-corrected chi connectivity index (χ2v) is 5.65.